The molecule has 6 nitrogen and oxygen atoms in total. The van der Waals surface area contributed by atoms with E-state index >= 15 is 0 Å². The number of nitrogens with one attached hydrogen (secondary N) is 1. The van der Waals surface area contributed by atoms with E-state index < -0.39 is 0 Å². The first-order chi connectivity index (χ1) is 14.0. The van der Waals surface area contributed by atoms with Gasteiger partial charge in [0.25, 0.3) is 11.8 Å². The lowest BCUT2D eigenvalue weighted by Gasteiger charge is -2.31. The van der Waals surface area contributed by atoms with Gasteiger partial charge in [-0.15, -0.1) is 0 Å². The summed E-state index contributed by atoms with van der Waals surface area (Å²) in [6.07, 6.45) is 2.96. The minimum atomic E-state index is -0.381. The number of halogens is 1. The molecule has 1 aromatic heterocycles. The van der Waals surface area contributed by atoms with Crippen LogP contribution < -0.4 is 10.2 Å². The number of hydrogen-bond donors (Lipinski definition) is 1. The summed E-state index contributed by atoms with van der Waals surface area (Å²) in [7, 11) is 0. The molecule has 0 radical (unpaired) electrons. The van der Waals surface area contributed by atoms with Crippen molar-refractivity contribution in [3.05, 3.63) is 59.2 Å². The Balaban J connectivity index is 1.49. The number of amides is 2. The average Bonchev–Trinajstić information content (AvgIpc) is 3.27. The van der Waals surface area contributed by atoms with Gasteiger partial charge in [-0.2, -0.15) is 0 Å². The lowest BCUT2D eigenvalue weighted by Crippen LogP contribution is -2.42. The molecule has 2 amide bonds. The van der Waals surface area contributed by atoms with Gasteiger partial charge in [0.15, 0.2) is 0 Å². The summed E-state index contributed by atoms with van der Waals surface area (Å²) < 4.78 is 18.6. The summed E-state index contributed by atoms with van der Waals surface area (Å²) in [4.78, 5) is 31.7. The number of aryl methyl sites for hydroxylation is 1. The average molecular weight is 397 g/mol. The van der Waals surface area contributed by atoms with E-state index in [1.165, 1.54) is 24.3 Å². The van der Waals surface area contributed by atoms with E-state index in [1.807, 2.05) is 19.1 Å². The van der Waals surface area contributed by atoms with Gasteiger partial charge in [-0.3, -0.25) is 14.6 Å². The van der Waals surface area contributed by atoms with Crippen molar-refractivity contribution in [1.82, 2.24) is 10.3 Å². The van der Waals surface area contributed by atoms with Crippen LogP contribution in [0.3, 0.4) is 0 Å². The zero-order valence-electron chi connectivity index (χ0n) is 16.4. The minimum absolute atomic E-state index is 0.00987. The van der Waals surface area contributed by atoms with Crippen molar-refractivity contribution in [1.29, 1.82) is 0 Å². The van der Waals surface area contributed by atoms with Gasteiger partial charge in [-0.25, -0.2) is 4.39 Å². The Hall–Kier alpha value is -2.80. The standard InChI is InChI=1S/C22H24FN3O3/c1-14(24-21(27)15-6-8-16(23)9-7-15)17-10-11-19-18(25-17)4-2-12-26(19)22(28)20-5-3-13-29-20/h6-11,14,20H,2-5,12-13H2,1H3,(H,24,27)/t14?,20-/m1/s1. The number of nitrogens with zero attached hydrogens (tertiary/aromatic N) is 2. The lowest BCUT2D eigenvalue weighted by atomic mass is 10.0. The molecule has 1 saturated heterocycles. The first-order valence-corrected chi connectivity index (χ1v) is 10.0. The molecule has 1 unspecified atom stereocenters. The number of aromatic nitrogens is 1. The predicted molar refractivity (Wildman–Crippen MR) is 106 cm³/mol. The maximum absolute atomic E-state index is 13.0. The second-order valence-electron chi connectivity index (χ2n) is 7.50. The quantitative estimate of drug-likeness (QED) is 0.860. The van der Waals surface area contributed by atoms with Crippen molar-refractivity contribution < 1.29 is 18.7 Å². The second-order valence-corrected chi connectivity index (χ2v) is 7.50. The van der Waals surface area contributed by atoms with Crippen LogP contribution in [0.5, 0.6) is 0 Å². The van der Waals surface area contributed by atoms with Crippen LogP contribution in [-0.2, 0) is 16.0 Å². The Kier molecular flexibility index (Phi) is 5.58. The summed E-state index contributed by atoms with van der Waals surface area (Å²) in [6.45, 7) is 3.16. The highest BCUT2D eigenvalue weighted by Crippen LogP contribution is 2.29. The molecule has 4 rings (SSSR count). The number of benzene rings is 1. The van der Waals surface area contributed by atoms with Crippen LogP contribution in [0.1, 0.15) is 54.0 Å². The number of hydrogen-bond acceptors (Lipinski definition) is 4. The van der Waals surface area contributed by atoms with E-state index in [4.69, 9.17) is 9.72 Å². The monoisotopic (exact) mass is 397 g/mol. The van der Waals surface area contributed by atoms with Gasteiger partial charge in [0.05, 0.1) is 23.1 Å². The molecule has 1 fully saturated rings. The summed E-state index contributed by atoms with van der Waals surface area (Å²) in [6, 6.07) is 8.85. The maximum Gasteiger partial charge on any atom is 0.256 e. The van der Waals surface area contributed by atoms with Gasteiger partial charge < -0.3 is 15.0 Å². The Morgan fingerprint density at radius 3 is 2.72 bits per heavy atom. The van der Waals surface area contributed by atoms with Crippen LogP contribution in [0, 0.1) is 5.82 Å². The second kappa shape index (κ2) is 8.29. The normalized spacial score (nSPS) is 19.5. The lowest BCUT2D eigenvalue weighted by molar-refractivity contribution is -0.127. The third-order valence-corrected chi connectivity index (χ3v) is 5.43. The molecular weight excluding hydrogens is 373 g/mol. The van der Waals surface area contributed by atoms with Crippen molar-refractivity contribution in [3.8, 4) is 0 Å². The third kappa shape index (κ3) is 4.15. The fraction of sp³-hybridized carbons (Fsp3) is 0.409. The number of carbonyl (C=O) groups is 2. The molecule has 1 aromatic carbocycles. The number of carbonyl (C=O) groups excluding carboxylic acids is 2. The van der Waals surface area contributed by atoms with Crippen molar-refractivity contribution in [2.45, 2.75) is 44.8 Å². The summed E-state index contributed by atoms with van der Waals surface area (Å²) >= 11 is 0. The fourth-order valence-corrected chi connectivity index (χ4v) is 3.84. The van der Waals surface area contributed by atoms with Crippen LogP contribution in [0.15, 0.2) is 36.4 Å². The largest absolute Gasteiger partial charge is 0.368 e. The molecule has 29 heavy (non-hydrogen) atoms. The smallest absolute Gasteiger partial charge is 0.256 e. The Bertz CT molecular complexity index is 910. The molecule has 2 aromatic rings. The van der Waals surface area contributed by atoms with Crippen LogP contribution in [0.25, 0.3) is 0 Å². The van der Waals surface area contributed by atoms with Gasteiger partial charge >= 0.3 is 0 Å². The molecule has 2 aliphatic rings. The van der Waals surface area contributed by atoms with Crippen molar-refractivity contribution in [2.75, 3.05) is 18.1 Å². The highest BCUT2D eigenvalue weighted by Gasteiger charge is 2.32. The van der Waals surface area contributed by atoms with Gasteiger partial charge in [-0.05, 0) is 69.0 Å². The van der Waals surface area contributed by atoms with Crippen LogP contribution >= 0.6 is 0 Å². The molecule has 0 aliphatic carbocycles. The van der Waals surface area contributed by atoms with Gasteiger partial charge in [0.1, 0.15) is 11.9 Å². The Morgan fingerprint density at radius 2 is 2.00 bits per heavy atom. The number of rotatable bonds is 4. The molecule has 0 bridgehead atoms. The van der Waals surface area contributed by atoms with Crippen LogP contribution in [-0.4, -0.2) is 36.1 Å². The van der Waals surface area contributed by atoms with E-state index in [0.717, 1.165) is 42.8 Å². The molecule has 3 heterocycles. The predicted octanol–water partition coefficient (Wildman–Crippen LogP) is 3.17. The molecule has 2 aliphatic heterocycles. The summed E-state index contributed by atoms with van der Waals surface area (Å²) in [5.74, 6) is -0.657. The maximum atomic E-state index is 13.0. The highest BCUT2D eigenvalue weighted by atomic mass is 19.1. The SMILES string of the molecule is CC(NC(=O)c1ccc(F)cc1)c1ccc2c(n1)CCCN2C(=O)[C@H]1CCCO1. The third-order valence-electron chi connectivity index (χ3n) is 5.43. The molecule has 0 saturated carbocycles. The summed E-state index contributed by atoms with van der Waals surface area (Å²) in [5, 5.41) is 2.89. The molecule has 1 N–H and O–H groups in total. The van der Waals surface area contributed by atoms with Crippen molar-refractivity contribution in [3.63, 3.8) is 0 Å². The number of fused-ring (bicyclic) bond motifs is 1. The highest BCUT2D eigenvalue weighted by molar-refractivity contribution is 5.97. The van der Waals surface area contributed by atoms with Gasteiger partial charge in [0.2, 0.25) is 0 Å². The van der Waals surface area contributed by atoms with E-state index in [2.05, 4.69) is 5.32 Å². The fourth-order valence-electron chi connectivity index (χ4n) is 3.84. The zero-order valence-corrected chi connectivity index (χ0v) is 16.4. The van der Waals surface area contributed by atoms with E-state index in [9.17, 15) is 14.0 Å². The molecule has 0 spiro atoms. The Morgan fingerprint density at radius 1 is 1.21 bits per heavy atom. The number of ether oxygens (including phenoxy) is 1. The Labute approximate surface area is 169 Å². The molecule has 2 atom stereocenters. The van der Waals surface area contributed by atoms with Crippen LogP contribution in [0.2, 0.25) is 0 Å². The number of anilines is 1. The summed E-state index contributed by atoms with van der Waals surface area (Å²) in [5.41, 5.74) is 2.82. The van der Waals surface area contributed by atoms with E-state index in [0.29, 0.717) is 18.7 Å². The zero-order chi connectivity index (χ0) is 20.4. The molecule has 152 valence electrons. The van der Waals surface area contributed by atoms with Crippen molar-refractivity contribution >= 4 is 17.5 Å². The first kappa shape index (κ1) is 19.5. The topological polar surface area (TPSA) is 71.5 Å². The van der Waals surface area contributed by atoms with Gasteiger partial charge in [0, 0.05) is 18.7 Å². The van der Waals surface area contributed by atoms with Gasteiger partial charge in [-0.1, -0.05) is 0 Å². The first-order valence-electron chi connectivity index (χ1n) is 10.0. The number of pyridine rings is 1. The molecular formula is C22H24FN3O3. The minimum Gasteiger partial charge on any atom is -0.368 e. The van der Waals surface area contributed by atoms with E-state index in [-0.39, 0.29) is 29.8 Å². The van der Waals surface area contributed by atoms with Crippen LogP contribution in [0.4, 0.5) is 10.1 Å². The van der Waals surface area contributed by atoms with Crippen molar-refractivity contribution in [2.24, 2.45) is 0 Å². The van der Waals surface area contributed by atoms with E-state index in [1.54, 1.807) is 4.90 Å². The molecule has 7 heteroatoms.